The van der Waals surface area contributed by atoms with Gasteiger partial charge in [0.1, 0.15) is 0 Å². The number of hydrogen-bond donors (Lipinski definition) is 1. The highest BCUT2D eigenvalue weighted by atomic mass is 35.5. The van der Waals surface area contributed by atoms with E-state index >= 15 is 0 Å². The minimum Gasteiger partial charge on any atom is -0.355 e. The molecule has 1 fully saturated rings. The van der Waals surface area contributed by atoms with Crippen LogP contribution in [0, 0.1) is 5.92 Å². The number of carbonyl (C=O) groups excluding carboxylic acids is 1. The Labute approximate surface area is 147 Å². The number of piperidine rings is 1. The van der Waals surface area contributed by atoms with Crippen LogP contribution >= 0.6 is 11.6 Å². The molecule has 1 aromatic heterocycles. The van der Waals surface area contributed by atoms with Crippen molar-refractivity contribution in [2.75, 3.05) is 26.7 Å². The maximum Gasteiger partial charge on any atom is 0.276 e. The maximum atomic E-state index is 12.6. The lowest BCUT2D eigenvalue weighted by molar-refractivity contribution is 0.0677. The Bertz CT molecular complexity index is 676. The van der Waals surface area contributed by atoms with Gasteiger partial charge >= 0.3 is 0 Å². The molecule has 5 nitrogen and oxygen atoms in total. The second-order valence-electron chi connectivity index (χ2n) is 6.21. The smallest absolute Gasteiger partial charge is 0.276 e. The van der Waals surface area contributed by atoms with E-state index in [2.05, 4.69) is 10.5 Å². The summed E-state index contributed by atoms with van der Waals surface area (Å²) in [6.07, 6.45) is 3.27. The summed E-state index contributed by atoms with van der Waals surface area (Å²) in [5.41, 5.74) is 1.23. The summed E-state index contributed by atoms with van der Waals surface area (Å²) >= 11 is 5.89. The molecule has 24 heavy (non-hydrogen) atoms. The zero-order chi connectivity index (χ0) is 16.9. The van der Waals surface area contributed by atoms with E-state index in [0.717, 1.165) is 38.0 Å². The molecule has 0 saturated carbocycles. The third-order valence-electron chi connectivity index (χ3n) is 4.56. The van der Waals surface area contributed by atoms with Crippen LogP contribution in [0.1, 0.15) is 29.8 Å². The lowest BCUT2D eigenvalue weighted by Gasteiger charge is -2.31. The fourth-order valence-electron chi connectivity index (χ4n) is 3.06. The van der Waals surface area contributed by atoms with Crippen molar-refractivity contribution in [2.24, 2.45) is 5.92 Å². The van der Waals surface area contributed by atoms with Crippen LogP contribution in [0.15, 0.2) is 34.9 Å². The van der Waals surface area contributed by atoms with Gasteiger partial charge in [-0.25, -0.2) is 0 Å². The highest BCUT2D eigenvalue weighted by Crippen LogP contribution is 2.25. The average molecular weight is 348 g/mol. The Hall–Kier alpha value is -1.85. The summed E-state index contributed by atoms with van der Waals surface area (Å²) in [6.45, 7) is 2.61. The Morgan fingerprint density at radius 3 is 2.71 bits per heavy atom. The zero-order valence-corrected chi connectivity index (χ0v) is 14.6. The predicted molar refractivity (Wildman–Crippen MR) is 94.1 cm³/mol. The minimum absolute atomic E-state index is 0.0500. The monoisotopic (exact) mass is 347 g/mol. The van der Waals surface area contributed by atoms with Crippen molar-refractivity contribution in [3.8, 4) is 11.3 Å². The third-order valence-corrected chi connectivity index (χ3v) is 4.81. The molecule has 1 amide bonds. The van der Waals surface area contributed by atoms with Crippen molar-refractivity contribution in [1.82, 2.24) is 15.4 Å². The molecule has 0 aliphatic carbocycles. The summed E-state index contributed by atoms with van der Waals surface area (Å²) < 4.78 is 5.33. The fourth-order valence-corrected chi connectivity index (χ4v) is 3.19. The highest BCUT2D eigenvalue weighted by Gasteiger charge is 2.25. The second kappa shape index (κ2) is 7.81. The molecule has 1 aromatic carbocycles. The van der Waals surface area contributed by atoms with Gasteiger partial charge in [0.2, 0.25) is 0 Å². The van der Waals surface area contributed by atoms with Gasteiger partial charge in [-0.3, -0.25) is 4.79 Å². The molecule has 0 unspecified atom stereocenters. The summed E-state index contributed by atoms with van der Waals surface area (Å²) in [7, 11) is 1.97. The summed E-state index contributed by atoms with van der Waals surface area (Å²) in [5.74, 6) is 1.23. The van der Waals surface area contributed by atoms with Crippen LogP contribution in [-0.4, -0.2) is 42.6 Å². The van der Waals surface area contributed by atoms with Gasteiger partial charge in [0.25, 0.3) is 5.91 Å². The molecule has 1 N–H and O–H groups in total. The number of nitrogens with zero attached hydrogens (tertiary/aromatic N) is 2. The van der Waals surface area contributed by atoms with Crippen molar-refractivity contribution in [3.63, 3.8) is 0 Å². The van der Waals surface area contributed by atoms with E-state index in [1.54, 1.807) is 18.2 Å². The lowest BCUT2D eigenvalue weighted by atomic mass is 9.93. The second-order valence-corrected chi connectivity index (χ2v) is 6.65. The van der Waals surface area contributed by atoms with Crippen LogP contribution in [-0.2, 0) is 0 Å². The molecule has 1 aliphatic heterocycles. The van der Waals surface area contributed by atoms with E-state index in [0.29, 0.717) is 22.4 Å². The van der Waals surface area contributed by atoms with Crippen molar-refractivity contribution < 1.29 is 9.32 Å². The molecule has 128 valence electrons. The zero-order valence-electron chi connectivity index (χ0n) is 13.8. The molecule has 1 saturated heterocycles. The molecular weight excluding hydrogens is 326 g/mol. The number of likely N-dealkylation sites (tertiary alicyclic amines) is 1. The SMILES string of the molecule is CNCCC1CCN(C(=O)c2cc(-c3ccc(Cl)cc3)on2)CC1. The highest BCUT2D eigenvalue weighted by molar-refractivity contribution is 6.30. The summed E-state index contributed by atoms with van der Waals surface area (Å²) in [6, 6.07) is 8.99. The van der Waals surface area contributed by atoms with E-state index in [1.165, 1.54) is 6.42 Å². The first-order valence-corrected chi connectivity index (χ1v) is 8.71. The number of carbonyl (C=O) groups is 1. The Morgan fingerprint density at radius 2 is 2.04 bits per heavy atom. The number of rotatable bonds is 5. The van der Waals surface area contributed by atoms with E-state index < -0.39 is 0 Å². The van der Waals surface area contributed by atoms with Gasteiger partial charge in [0, 0.05) is 29.7 Å². The normalized spacial score (nSPS) is 15.7. The first kappa shape index (κ1) is 17.0. The van der Waals surface area contributed by atoms with Gasteiger partial charge in [-0.1, -0.05) is 16.8 Å². The molecule has 3 rings (SSSR count). The van der Waals surface area contributed by atoms with E-state index in [-0.39, 0.29) is 5.91 Å². The van der Waals surface area contributed by atoms with Crippen molar-refractivity contribution in [3.05, 3.63) is 41.0 Å². The van der Waals surface area contributed by atoms with Crippen LogP contribution in [0.3, 0.4) is 0 Å². The molecule has 1 aliphatic rings. The predicted octanol–water partition coefficient (Wildman–Crippen LogP) is 3.46. The van der Waals surface area contributed by atoms with Crippen LogP contribution in [0.5, 0.6) is 0 Å². The van der Waals surface area contributed by atoms with Gasteiger partial charge < -0.3 is 14.7 Å². The van der Waals surface area contributed by atoms with Crippen molar-refractivity contribution >= 4 is 17.5 Å². The van der Waals surface area contributed by atoms with Gasteiger partial charge in [-0.15, -0.1) is 0 Å². The van der Waals surface area contributed by atoms with Crippen LogP contribution < -0.4 is 5.32 Å². The van der Waals surface area contributed by atoms with Crippen LogP contribution in [0.4, 0.5) is 0 Å². The number of nitrogens with one attached hydrogen (secondary N) is 1. The fraction of sp³-hybridized carbons (Fsp3) is 0.444. The molecule has 0 spiro atoms. The van der Waals surface area contributed by atoms with Gasteiger partial charge in [0.15, 0.2) is 11.5 Å². The largest absolute Gasteiger partial charge is 0.355 e. The number of hydrogen-bond acceptors (Lipinski definition) is 4. The van der Waals surface area contributed by atoms with Crippen molar-refractivity contribution in [2.45, 2.75) is 19.3 Å². The van der Waals surface area contributed by atoms with Crippen LogP contribution in [0.2, 0.25) is 5.02 Å². The topological polar surface area (TPSA) is 58.4 Å². The summed E-state index contributed by atoms with van der Waals surface area (Å²) in [5, 5.41) is 7.80. The van der Waals surface area contributed by atoms with Crippen LogP contribution in [0.25, 0.3) is 11.3 Å². The Kier molecular flexibility index (Phi) is 5.53. The molecule has 0 radical (unpaired) electrons. The average Bonchev–Trinajstić information content (AvgIpc) is 3.10. The summed E-state index contributed by atoms with van der Waals surface area (Å²) in [4.78, 5) is 14.5. The minimum atomic E-state index is -0.0500. The lowest BCUT2D eigenvalue weighted by Crippen LogP contribution is -2.39. The molecule has 0 atom stereocenters. The maximum absolute atomic E-state index is 12.6. The van der Waals surface area contributed by atoms with Gasteiger partial charge in [-0.2, -0.15) is 0 Å². The standard InChI is InChI=1S/C18H22ClN3O2/c1-20-9-6-13-7-10-22(11-8-13)18(23)16-12-17(24-21-16)14-2-4-15(19)5-3-14/h2-5,12-13,20H,6-11H2,1H3. The van der Waals surface area contributed by atoms with Gasteiger partial charge in [-0.05, 0) is 63.0 Å². The third kappa shape index (κ3) is 3.97. The Morgan fingerprint density at radius 1 is 1.33 bits per heavy atom. The number of benzene rings is 1. The van der Waals surface area contributed by atoms with E-state index in [9.17, 15) is 4.79 Å². The first-order valence-electron chi connectivity index (χ1n) is 8.34. The molecule has 0 bridgehead atoms. The Balaban J connectivity index is 1.61. The van der Waals surface area contributed by atoms with Gasteiger partial charge in [0.05, 0.1) is 0 Å². The number of aromatic nitrogens is 1. The first-order chi connectivity index (χ1) is 11.7. The number of amides is 1. The number of halogens is 1. The van der Waals surface area contributed by atoms with E-state index in [1.807, 2.05) is 24.1 Å². The molecule has 6 heteroatoms. The molecular formula is C18H22ClN3O2. The molecule has 2 heterocycles. The quantitative estimate of drug-likeness (QED) is 0.899. The van der Waals surface area contributed by atoms with E-state index in [4.69, 9.17) is 16.1 Å². The van der Waals surface area contributed by atoms with Crippen molar-refractivity contribution in [1.29, 1.82) is 0 Å². The molecule has 2 aromatic rings.